The lowest BCUT2D eigenvalue weighted by Gasteiger charge is -2.17. The van der Waals surface area contributed by atoms with Gasteiger partial charge in [-0.2, -0.15) is 0 Å². The van der Waals surface area contributed by atoms with Crippen molar-refractivity contribution in [2.24, 2.45) is 5.41 Å². The molecule has 0 aromatic heterocycles. The first kappa shape index (κ1) is 11.6. The Bertz CT molecular complexity index is 241. The van der Waals surface area contributed by atoms with Gasteiger partial charge in [-0.15, -0.1) is 0 Å². The zero-order valence-electron chi connectivity index (χ0n) is 8.04. The summed E-state index contributed by atoms with van der Waals surface area (Å²) in [4.78, 5) is 32.6. The molecule has 5 nitrogen and oxygen atoms in total. The Morgan fingerprint density at radius 1 is 1.08 bits per heavy atom. The molecule has 5 heteroatoms. The molecule has 0 bridgehead atoms. The third kappa shape index (κ3) is 2.85. The molecule has 0 atom stereocenters. The van der Waals surface area contributed by atoms with E-state index in [1.165, 1.54) is 13.8 Å². The van der Waals surface area contributed by atoms with Crippen LogP contribution in [0.2, 0.25) is 0 Å². The molecule has 0 aliphatic rings. The minimum absolute atomic E-state index is 0.737. The van der Waals surface area contributed by atoms with Gasteiger partial charge in [-0.3, -0.25) is 14.4 Å². The monoisotopic (exact) mass is 188 g/mol. The molecular weight excluding hydrogens is 176 g/mol. The van der Waals surface area contributed by atoms with Crippen molar-refractivity contribution in [3.8, 4) is 0 Å². The molecular formula is C8H12O5. The number of carbonyl (C=O) groups excluding carboxylic acids is 3. The Kier molecular flexibility index (Phi) is 3.59. The van der Waals surface area contributed by atoms with Gasteiger partial charge in [0.1, 0.15) is 0 Å². The first-order valence-electron chi connectivity index (χ1n) is 3.63. The molecule has 0 aliphatic heterocycles. The topological polar surface area (TPSA) is 69.7 Å². The second kappa shape index (κ2) is 4.02. The third-order valence-electron chi connectivity index (χ3n) is 1.44. The predicted octanol–water partition coefficient (Wildman–Crippen LogP) is 0.275. The van der Waals surface area contributed by atoms with Crippen LogP contribution in [-0.4, -0.2) is 25.0 Å². The lowest BCUT2D eigenvalue weighted by atomic mass is 9.94. The van der Waals surface area contributed by atoms with Crippen LogP contribution in [0, 0.1) is 5.41 Å². The summed E-state index contributed by atoms with van der Waals surface area (Å²) in [6, 6.07) is 0. The van der Waals surface area contributed by atoms with Crippen molar-refractivity contribution in [2.45, 2.75) is 20.8 Å². The van der Waals surface area contributed by atoms with Gasteiger partial charge in [-0.25, -0.2) is 0 Å². The summed E-state index contributed by atoms with van der Waals surface area (Å²) in [6.07, 6.45) is 0. The van der Waals surface area contributed by atoms with Crippen LogP contribution >= 0.6 is 0 Å². The Labute approximate surface area is 76.0 Å². The number of methoxy groups -OCH3 is 1. The predicted molar refractivity (Wildman–Crippen MR) is 42.6 cm³/mol. The van der Waals surface area contributed by atoms with Crippen molar-refractivity contribution < 1.29 is 23.9 Å². The molecule has 0 aromatic carbocycles. The fourth-order valence-corrected chi connectivity index (χ4v) is 0.597. The van der Waals surface area contributed by atoms with Crippen molar-refractivity contribution in [1.82, 2.24) is 0 Å². The van der Waals surface area contributed by atoms with Crippen molar-refractivity contribution in [2.75, 3.05) is 7.11 Å². The van der Waals surface area contributed by atoms with Crippen molar-refractivity contribution >= 4 is 17.9 Å². The zero-order valence-corrected chi connectivity index (χ0v) is 8.04. The van der Waals surface area contributed by atoms with E-state index in [0.717, 1.165) is 14.0 Å². The maximum atomic E-state index is 11.1. The number of ether oxygens (including phenoxy) is 2. The summed E-state index contributed by atoms with van der Waals surface area (Å²) in [5.74, 6) is -2.40. The normalized spacial score (nSPS) is 10.5. The standard InChI is InChI=1S/C8H12O5/c1-5(9)13-7(11)8(2,3)6(10)12-4/h1-4H3. The van der Waals surface area contributed by atoms with Crippen molar-refractivity contribution in [3.63, 3.8) is 0 Å². The van der Waals surface area contributed by atoms with E-state index >= 15 is 0 Å². The maximum absolute atomic E-state index is 11.1. The third-order valence-corrected chi connectivity index (χ3v) is 1.44. The number of esters is 3. The van der Waals surface area contributed by atoms with E-state index in [9.17, 15) is 14.4 Å². The summed E-state index contributed by atoms with van der Waals surface area (Å²) in [5.41, 5.74) is -1.44. The molecule has 74 valence electrons. The van der Waals surface area contributed by atoms with Gasteiger partial charge < -0.3 is 9.47 Å². The summed E-state index contributed by atoms with van der Waals surface area (Å²) >= 11 is 0. The van der Waals surface area contributed by atoms with Gasteiger partial charge in [0.2, 0.25) is 0 Å². The van der Waals surface area contributed by atoms with E-state index < -0.39 is 23.3 Å². The Balaban J connectivity index is 4.54. The van der Waals surface area contributed by atoms with Crippen LogP contribution in [0.15, 0.2) is 0 Å². The molecule has 0 spiro atoms. The summed E-state index contributed by atoms with van der Waals surface area (Å²) in [7, 11) is 1.16. The first-order valence-corrected chi connectivity index (χ1v) is 3.63. The van der Waals surface area contributed by atoms with E-state index in [1.54, 1.807) is 0 Å². The summed E-state index contributed by atoms with van der Waals surface area (Å²) < 4.78 is 8.63. The SMILES string of the molecule is COC(=O)C(C)(C)C(=O)OC(C)=O. The molecule has 0 aromatic rings. The zero-order chi connectivity index (χ0) is 10.6. The number of hydrogen-bond acceptors (Lipinski definition) is 5. The molecule has 0 aliphatic carbocycles. The molecule has 13 heavy (non-hydrogen) atoms. The first-order chi connectivity index (χ1) is 5.82. The average molecular weight is 188 g/mol. The van der Waals surface area contributed by atoms with Gasteiger partial charge >= 0.3 is 17.9 Å². The van der Waals surface area contributed by atoms with E-state index in [2.05, 4.69) is 9.47 Å². The van der Waals surface area contributed by atoms with Crippen LogP contribution in [0.1, 0.15) is 20.8 Å². The Hall–Kier alpha value is -1.39. The average Bonchev–Trinajstić information content (AvgIpc) is 2.01. The van der Waals surface area contributed by atoms with Crippen molar-refractivity contribution in [1.29, 1.82) is 0 Å². The van der Waals surface area contributed by atoms with Crippen LogP contribution in [0.5, 0.6) is 0 Å². The minimum Gasteiger partial charge on any atom is -0.468 e. The molecule has 0 heterocycles. The molecule has 0 radical (unpaired) electrons. The minimum atomic E-state index is -1.44. The molecule has 0 amide bonds. The van der Waals surface area contributed by atoms with Crippen LogP contribution in [0.25, 0.3) is 0 Å². The number of hydrogen-bond donors (Lipinski definition) is 0. The number of carbonyl (C=O) groups is 3. The molecule has 0 fully saturated rings. The lowest BCUT2D eigenvalue weighted by Crippen LogP contribution is -2.36. The van der Waals surface area contributed by atoms with Gasteiger partial charge in [-0.1, -0.05) is 0 Å². The molecule has 0 unspecified atom stereocenters. The summed E-state index contributed by atoms with van der Waals surface area (Å²) in [6.45, 7) is 3.74. The van der Waals surface area contributed by atoms with E-state index in [4.69, 9.17) is 0 Å². The number of rotatable bonds is 2. The van der Waals surface area contributed by atoms with Crippen LogP contribution in [-0.2, 0) is 23.9 Å². The summed E-state index contributed by atoms with van der Waals surface area (Å²) in [5, 5.41) is 0. The fourth-order valence-electron chi connectivity index (χ4n) is 0.597. The second-order valence-corrected chi connectivity index (χ2v) is 3.00. The van der Waals surface area contributed by atoms with E-state index in [0.29, 0.717) is 0 Å². The molecule has 0 N–H and O–H groups in total. The maximum Gasteiger partial charge on any atom is 0.330 e. The molecule has 0 rings (SSSR count). The van der Waals surface area contributed by atoms with E-state index in [1.807, 2.05) is 0 Å². The quantitative estimate of drug-likeness (QED) is 0.459. The fraction of sp³-hybridized carbons (Fsp3) is 0.625. The van der Waals surface area contributed by atoms with Gasteiger partial charge in [0.05, 0.1) is 7.11 Å². The van der Waals surface area contributed by atoms with Gasteiger partial charge in [0.15, 0.2) is 5.41 Å². The molecule has 0 saturated heterocycles. The Morgan fingerprint density at radius 3 is 1.85 bits per heavy atom. The Morgan fingerprint density at radius 2 is 1.54 bits per heavy atom. The van der Waals surface area contributed by atoms with E-state index in [-0.39, 0.29) is 0 Å². The lowest BCUT2D eigenvalue weighted by molar-refractivity contribution is -0.172. The van der Waals surface area contributed by atoms with Gasteiger partial charge in [0.25, 0.3) is 0 Å². The van der Waals surface area contributed by atoms with Gasteiger partial charge in [-0.05, 0) is 13.8 Å². The highest BCUT2D eigenvalue weighted by atomic mass is 16.6. The van der Waals surface area contributed by atoms with Crippen LogP contribution in [0.4, 0.5) is 0 Å². The molecule has 0 saturated carbocycles. The van der Waals surface area contributed by atoms with Crippen molar-refractivity contribution in [3.05, 3.63) is 0 Å². The van der Waals surface area contributed by atoms with Crippen LogP contribution < -0.4 is 0 Å². The highest BCUT2D eigenvalue weighted by Crippen LogP contribution is 2.18. The highest BCUT2D eigenvalue weighted by Gasteiger charge is 2.39. The largest absolute Gasteiger partial charge is 0.468 e. The van der Waals surface area contributed by atoms with Crippen LogP contribution in [0.3, 0.4) is 0 Å². The second-order valence-electron chi connectivity index (χ2n) is 3.00. The van der Waals surface area contributed by atoms with Gasteiger partial charge in [0, 0.05) is 6.92 Å². The smallest absolute Gasteiger partial charge is 0.330 e. The highest BCUT2D eigenvalue weighted by molar-refractivity contribution is 6.02.